The van der Waals surface area contributed by atoms with E-state index in [0.29, 0.717) is 0 Å². The van der Waals surface area contributed by atoms with E-state index in [9.17, 15) is 4.79 Å². The van der Waals surface area contributed by atoms with Gasteiger partial charge in [-0.3, -0.25) is 0 Å². The molecule has 0 N–H and O–H groups in total. The summed E-state index contributed by atoms with van der Waals surface area (Å²) >= 11 is 0. The lowest BCUT2D eigenvalue weighted by molar-refractivity contribution is -0.134. The second-order valence-corrected chi connectivity index (χ2v) is 6.29. The van der Waals surface area contributed by atoms with Crippen LogP contribution in [0.5, 0.6) is 0 Å². The van der Waals surface area contributed by atoms with Gasteiger partial charge in [0.15, 0.2) is 0 Å². The molecule has 114 valence electrons. The van der Waals surface area contributed by atoms with E-state index in [1.54, 1.807) is 0 Å². The van der Waals surface area contributed by atoms with Crippen LogP contribution in [0.15, 0.2) is 11.5 Å². The molecule has 0 aromatic heterocycles. The zero-order valence-corrected chi connectivity index (χ0v) is 13.6. The Morgan fingerprint density at radius 1 is 1.15 bits per heavy atom. The second kappa shape index (κ2) is 6.77. The van der Waals surface area contributed by atoms with Gasteiger partial charge in [0.05, 0.1) is 18.3 Å². The van der Waals surface area contributed by atoms with Crippen LogP contribution in [-0.4, -0.2) is 31.4 Å². The van der Waals surface area contributed by atoms with Gasteiger partial charge in [0.1, 0.15) is 0 Å². The molecule has 1 saturated heterocycles. The highest BCUT2D eigenvalue weighted by atomic mass is 16.7. The summed E-state index contributed by atoms with van der Waals surface area (Å²) < 4.78 is 16.7. The molecule has 1 heterocycles. The van der Waals surface area contributed by atoms with E-state index < -0.39 is 18.3 Å². The first-order valence-electron chi connectivity index (χ1n) is 7.37. The van der Waals surface area contributed by atoms with Gasteiger partial charge in [0, 0.05) is 6.08 Å². The topological polar surface area (TPSA) is 44.8 Å². The summed E-state index contributed by atoms with van der Waals surface area (Å²) in [6.07, 6.45) is 5.58. The minimum atomic E-state index is -0.462. The monoisotopic (exact) mass is 282 g/mol. The summed E-state index contributed by atoms with van der Waals surface area (Å²) in [4.78, 5) is 11.5. The smallest absolute Gasteiger partial charge is 0.466 e. The van der Waals surface area contributed by atoms with Gasteiger partial charge in [-0.2, -0.15) is 0 Å². The molecule has 0 saturated carbocycles. The van der Waals surface area contributed by atoms with Crippen molar-refractivity contribution in [1.29, 1.82) is 0 Å². The molecule has 1 rings (SSSR count). The molecular formula is C15H27BO4. The van der Waals surface area contributed by atoms with Crippen molar-refractivity contribution in [3.8, 4) is 0 Å². The molecule has 0 aromatic carbocycles. The third kappa shape index (κ3) is 4.09. The normalized spacial score (nSPS) is 21.1. The van der Waals surface area contributed by atoms with Crippen molar-refractivity contribution in [2.24, 2.45) is 0 Å². The Morgan fingerprint density at radius 2 is 1.70 bits per heavy atom. The standard InChI is InChI=1S/C15H27BO4/c1-7-8-9-10-12(11-13(17)18-6)16-19-14(2,3)15(4,5)20-16/h11H,7-10H2,1-6H3/b12-11+. The second-order valence-electron chi connectivity index (χ2n) is 6.29. The number of allylic oxidation sites excluding steroid dienone is 1. The highest BCUT2D eigenvalue weighted by Crippen LogP contribution is 2.39. The summed E-state index contributed by atoms with van der Waals surface area (Å²) in [7, 11) is 0.920. The number of methoxy groups -OCH3 is 1. The van der Waals surface area contributed by atoms with Crippen LogP contribution in [0.25, 0.3) is 0 Å². The molecule has 0 spiro atoms. The number of hydrogen-bond acceptors (Lipinski definition) is 4. The van der Waals surface area contributed by atoms with Gasteiger partial charge in [-0.25, -0.2) is 4.79 Å². The first-order chi connectivity index (χ1) is 9.23. The van der Waals surface area contributed by atoms with Gasteiger partial charge in [0.2, 0.25) is 0 Å². The number of esters is 1. The summed E-state index contributed by atoms with van der Waals surface area (Å²) in [6.45, 7) is 10.2. The minimum Gasteiger partial charge on any atom is -0.466 e. The van der Waals surface area contributed by atoms with Crippen molar-refractivity contribution in [2.75, 3.05) is 7.11 Å². The zero-order chi connectivity index (χ0) is 15.4. The van der Waals surface area contributed by atoms with Crippen LogP contribution in [0.4, 0.5) is 0 Å². The van der Waals surface area contributed by atoms with Crippen LogP contribution in [-0.2, 0) is 18.8 Å². The van der Waals surface area contributed by atoms with Gasteiger partial charge < -0.3 is 14.0 Å². The molecule has 1 aliphatic rings. The number of hydrogen-bond donors (Lipinski definition) is 0. The van der Waals surface area contributed by atoms with E-state index in [1.807, 2.05) is 27.7 Å². The molecule has 20 heavy (non-hydrogen) atoms. The SMILES string of the molecule is CCCCC/C(=C\C(=O)OC)B1OC(C)(C)C(C)(C)O1. The Bertz CT molecular complexity index is 358. The maximum Gasteiger partial charge on any atom is 0.490 e. The van der Waals surface area contributed by atoms with Crippen molar-refractivity contribution in [3.63, 3.8) is 0 Å². The fourth-order valence-electron chi connectivity index (χ4n) is 2.04. The lowest BCUT2D eigenvalue weighted by Gasteiger charge is -2.32. The highest BCUT2D eigenvalue weighted by molar-refractivity contribution is 6.55. The molecule has 1 fully saturated rings. The molecule has 0 bridgehead atoms. The van der Waals surface area contributed by atoms with Crippen molar-refractivity contribution in [1.82, 2.24) is 0 Å². The van der Waals surface area contributed by atoms with Gasteiger partial charge in [0.25, 0.3) is 0 Å². The van der Waals surface area contributed by atoms with E-state index >= 15 is 0 Å². The molecule has 0 aromatic rings. The largest absolute Gasteiger partial charge is 0.490 e. The van der Waals surface area contributed by atoms with Crippen LogP contribution in [0, 0.1) is 0 Å². The number of ether oxygens (including phenoxy) is 1. The maximum atomic E-state index is 11.5. The average Bonchev–Trinajstić information content (AvgIpc) is 2.57. The fraction of sp³-hybridized carbons (Fsp3) is 0.800. The van der Waals surface area contributed by atoms with Crippen LogP contribution >= 0.6 is 0 Å². The van der Waals surface area contributed by atoms with Crippen LogP contribution in [0.1, 0.15) is 60.3 Å². The molecule has 1 aliphatic heterocycles. The summed E-state index contributed by atoms with van der Waals surface area (Å²) in [5.41, 5.74) is 0.0823. The molecule has 0 aliphatic carbocycles. The molecule has 0 amide bonds. The number of carbonyl (C=O) groups excluding carboxylic acids is 1. The third-order valence-electron chi connectivity index (χ3n) is 4.13. The highest BCUT2D eigenvalue weighted by Gasteiger charge is 2.52. The lowest BCUT2D eigenvalue weighted by atomic mass is 9.75. The molecule has 0 radical (unpaired) electrons. The Kier molecular flexibility index (Phi) is 5.84. The number of carbonyl (C=O) groups is 1. The molecule has 0 atom stereocenters. The minimum absolute atomic E-state index is 0.355. The number of rotatable bonds is 6. The van der Waals surface area contributed by atoms with Crippen molar-refractivity contribution in [2.45, 2.75) is 71.5 Å². The van der Waals surface area contributed by atoms with E-state index in [1.165, 1.54) is 13.2 Å². The quantitative estimate of drug-likeness (QED) is 0.324. The van der Waals surface area contributed by atoms with Crippen molar-refractivity contribution in [3.05, 3.63) is 11.5 Å². The van der Waals surface area contributed by atoms with Gasteiger partial charge in [-0.05, 0) is 39.6 Å². The van der Waals surface area contributed by atoms with Gasteiger partial charge in [-0.1, -0.05) is 26.2 Å². The van der Waals surface area contributed by atoms with E-state index in [-0.39, 0.29) is 5.97 Å². The maximum absolute atomic E-state index is 11.5. The van der Waals surface area contributed by atoms with Gasteiger partial charge >= 0.3 is 13.1 Å². The predicted molar refractivity (Wildman–Crippen MR) is 80.3 cm³/mol. The average molecular weight is 282 g/mol. The summed E-state index contributed by atoms with van der Waals surface area (Å²) in [5, 5.41) is 0. The summed E-state index contributed by atoms with van der Waals surface area (Å²) in [5.74, 6) is -0.355. The van der Waals surface area contributed by atoms with Crippen molar-refractivity contribution >= 4 is 13.1 Å². The third-order valence-corrected chi connectivity index (χ3v) is 4.13. The zero-order valence-electron chi connectivity index (χ0n) is 13.6. The summed E-state index contributed by atoms with van der Waals surface area (Å²) in [6, 6.07) is 0. The Morgan fingerprint density at radius 3 is 2.15 bits per heavy atom. The van der Waals surface area contributed by atoms with E-state index in [4.69, 9.17) is 14.0 Å². The molecule has 5 heteroatoms. The predicted octanol–water partition coefficient (Wildman–Crippen LogP) is 3.30. The Labute approximate surface area is 123 Å². The fourth-order valence-corrected chi connectivity index (χ4v) is 2.04. The van der Waals surface area contributed by atoms with E-state index in [0.717, 1.165) is 31.2 Å². The van der Waals surface area contributed by atoms with Crippen LogP contribution in [0.2, 0.25) is 0 Å². The van der Waals surface area contributed by atoms with Crippen molar-refractivity contribution < 1.29 is 18.8 Å². The first kappa shape index (κ1) is 17.2. The van der Waals surface area contributed by atoms with Crippen LogP contribution in [0.3, 0.4) is 0 Å². The van der Waals surface area contributed by atoms with E-state index in [2.05, 4.69) is 6.92 Å². The number of unbranched alkanes of at least 4 members (excludes halogenated alkanes) is 2. The molecule has 0 unspecified atom stereocenters. The molecular weight excluding hydrogens is 255 g/mol. The van der Waals surface area contributed by atoms with Gasteiger partial charge in [-0.15, -0.1) is 0 Å². The lowest BCUT2D eigenvalue weighted by Crippen LogP contribution is -2.41. The molecule has 4 nitrogen and oxygen atoms in total. The first-order valence-corrected chi connectivity index (χ1v) is 7.37. The van der Waals surface area contributed by atoms with Crippen LogP contribution < -0.4 is 0 Å². The Balaban J connectivity index is 2.84. The Hall–Kier alpha value is -0.805.